The van der Waals surface area contributed by atoms with Crippen molar-refractivity contribution < 1.29 is 52.5 Å². The van der Waals surface area contributed by atoms with E-state index in [0.717, 1.165) is 27.8 Å². The fourth-order valence-corrected chi connectivity index (χ4v) is 7.70. The van der Waals surface area contributed by atoms with Crippen LogP contribution in [0, 0.1) is 0 Å². The highest BCUT2D eigenvalue weighted by Gasteiger charge is 2.55. The average molecular weight is 805 g/mol. The molecule has 5 aromatic rings. The van der Waals surface area contributed by atoms with Gasteiger partial charge in [0.05, 0.1) is 39.6 Å². The number of aliphatic hydroxyl groups excluding tert-OH is 1. The van der Waals surface area contributed by atoms with Crippen LogP contribution >= 0.6 is 0 Å². The van der Waals surface area contributed by atoms with Crippen molar-refractivity contribution in [2.45, 2.75) is 94.1 Å². The first kappa shape index (κ1) is 41.4. The molecule has 310 valence electrons. The van der Waals surface area contributed by atoms with E-state index in [1.54, 1.807) is 7.11 Å². The third-order valence-corrected chi connectivity index (χ3v) is 10.7. The predicted molar refractivity (Wildman–Crippen MR) is 216 cm³/mol. The quantitative estimate of drug-likeness (QED) is 0.106. The average Bonchev–Trinajstić information content (AvgIpc) is 3.30. The van der Waals surface area contributed by atoms with Crippen LogP contribution in [0.4, 0.5) is 0 Å². The van der Waals surface area contributed by atoms with Crippen molar-refractivity contribution in [3.05, 3.63) is 179 Å². The predicted octanol–water partition coefficient (Wildman–Crippen LogP) is 6.92. The summed E-state index contributed by atoms with van der Waals surface area (Å²) in [7, 11) is 1.56. The van der Waals surface area contributed by atoms with Crippen LogP contribution in [0.15, 0.2) is 152 Å². The summed E-state index contributed by atoms with van der Waals surface area (Å²) in [6, 6.07) is 49.2. The number of hydrogen-bond donors (Lipinski definition) is 1. The van der Waals surface area contributed by atoms with Crippen LogP contribution < -0.4 is 0 Å². The molecule has 11 heteroatoms. The Morgan fingerprint density at radius 1 is 0.525 bits per heavy atom. The summed E-state index contributed by atoms with van der Waals surface area (Å²) in [6.45, 7) is 1.40. The maximum Gasteiger partial charge on any atom is 0.187 e. The van der Waals surface area contributed by atoms with Gasteiger partial charge in [-0.15, -0.1) is 0 Å². The Labute approximate surface area is 345 Å². The summed E-state index contributed by atoms with van der Waals surface area (Å²) in [6.07, 6.45) is -9.43. The molecule has 0 aliphatic carbocycles. The fraction of sp³-hybridized carbons (Fsp3) is 0.375. The highest BCUT2D eigenvalue weighted by atomic mass is 16.8. The van der Waals surface area contributed by atoms with Crippen molar-refractivity contribution in [2.24, 2.45) is 0 Å². The normalized spacial score (nSPS) is 29.4. The number of benzene rings is 5. The van der Waals surface area contributed by atoms with E-state index in [2.05, 4.69) is 0 Å². The molecule has 8 rings (SSSR count). The van der Waals surface area contributed by atoms with Crippen LogP contribution in [-0.4, -0.2) is 86.8 Å². The highest BCUT2D eigenvalue weighted by Crippen LogP contribution is 2.39. The van der Waals surface area contributed by atoms with Gasteiger partial charge >= 0.3 is 0 Å². The zero-order chi connectivity index (χ0) is 40.2. The molecule has 0 spiro atoms. The number of ether oxygens (including phenoxy) is 10. The smallest absolute Gasteiger partial charge is 0.187 e. The molecule has 0 bridgehead atoms. The van der Waals surface area contributed by atoms with Gasteiger partial charge in [-0.3, -0.25) is 0 Å². The van der Waals surface area contributed by atoms with Crippen molar-refractivity contribution in [1.29, 1.82) is 0 Å². The summed E-state index contributed by atoms with van der Waals surface area (Å²) >= 11 is 0. The maximum absolute atomic E-state index is 12.4. The first-order valence-electron chi connectivity index (χ1n) is 20.2. The molecule has 11 nitrogen and oxygen atoms in total. The molecule has 3 heterocycles. The van der Waals surface area contributed by atoms with Crippen LogP contribution in [0.2, 0.25) is 0 Å². The minimum Gasteiger partial charge on any atom is -0.385 e. The second-order valence-electron chi connectivity index (χ2n) is 14.9. The molecule has 3 fully saturated rings. The van der Waals surface area contributed by atoms with Gasteiger partial charge in [-0.25, -0.2) is 0 Å². The van der Waals surface area contributed by atoms with Crippen LogP contribution in [0.3, 0.4) is 0 Å². The lowest BCUT2D eigenvalue weighted by molar-refractivity contribution is -0.397. The molecule has 0 amide bonds. The largest absolute Gasteiger partial charge is 0.385 e. The SMILES string of the molecule is CO[C@H]1O[C@@H]2CO[C@@H](c3ccccc3)O[C@H]2[C@H](O[C@@H]2O[C@H](COCc3ccccc3)[C@@H](OCc3ccccc3)[C@H](OCc3ccccc3)[C@@H]2O)[C@@H]1OCc1ccccc1. The van der Waals surface area contributed by atoms with Gasteiger partial charge < -0.3 is 52.5 Å². The minimum absolute atomic E-state index is 0.126. The molecule has 0 saturated carbocycles. The zero-order valence-corrected chi connectivity index (χ0v) is 33.1. The first-order chi connectivity index (χ1) is 29.1. The Morgan fingerprint density at radius 3 is 1.56 bits per heavy atom. The fourth-order valence-electron chi connectivity index (χ4n) is 7.70. The van der Waals surface area contributed by atoms with Crippen molar-refractivity contribution in [1.82, 2.24) is 0 Å². The summed E-state index contributed by atoms with van der Waals surface area (Å²) in [5.41, 5.74) is 4.72. The summed E-state index contributed by atoms with van der Waals surface area (Å²) < 4.78 is 65.2. The van der Waals surface area contributed by atoms with Gasteiger partial charge in [0.25, 0.3) is 0 Å². The van der Waals surface area contributed by atoms with Crippen molar-refractivity contribution in [3.63, 3.8) is 0 Å². The number of aliphatic hydroxyl groups is 1. The number of rotatable bonds is 17. The monoisotopic (exact) mass is 804 g/mol. The van der Waals surface area contributed by atoms with Gasteiger partial charge in [-0.05, 0) is 22.3 Å². The van der Waals surface area contributed by atoms with E-state index < -0.39 is 67.7 Å². The highest BCUT2D eigenvalue weighted by molar-refractivity contribution is 5.18. The van der Waals surface area contributed by atoms with Gasteiger partial charge in [0.2, 0.25) is 0 Å². The molecule has 0 aromatic heterocycles. The van der Waals surface area contributed by atoms with Crippen LogP contribution in [-0.2, 0) is 73.8 Å². The Balaban J connectivity index is 1.11. The molecule has 3 aliphatic heterocycles. The molecule has 0 radical (unpaired) electrons. The maximum atomic E-state index is 12.4. The van der Waals surface area contributed by atoms with Gasteiger partial charge in [0, 0.05) is 12.7 Å². The summed E-state index contributed by atoms with van der Waals surface area (Å²) in [5.74, 6) is 0. The lowest BCUT2D eigenvalue weighted by Crippen LogP contribution is -2.67. The molecule has 1 N–H and O–H groups in total. The van der Waals surface area contributed by atoms with Gasteiger partial charge in [0.15, 0.2) is 18.9 Å². The van der Waals surface area contributed by atoms with Crippen molar-refractivity contribution in [2.75, 3.05) is 20.3 Å². The summed E-state index contributed by atoms with van der Waals surface area (Å²) in [4.78, 5) is 0. The van der Waals surface area contributed by atoms with E-state index in [-0.39, 0.29) is 33.0 Å². The van der Waals surface area contributed by atoms with Gasteiger partial charge in [-0.2, -0.15) is 0 Å². The Hall–Kier alpha value is -4.34. The second-order valence-corrected chi connectivity index (χ2v) is 14.9. The Morgan fingerprint density at radius 2 is 1.02 bits per heavy atom. The van der Waals surface area contributed by atoms with Crippen molar-refractivity contribution >= 4 is 0 Å². The molecular weight excluding hydrogens is 753 g/mol. The topological polar surface area (TPSA) is 113 Å². The number of fused-ring (bicyclic) bond motifs is 1. The van der Waals surface area contributed by atoms with E-state index in [1.165, 1.54) is 0 Å². The van der Waals surface area contributed by atoms with E-state index in [9.17, 15) is 5.11 Å². The lowest BCUT2D eigenvalue weighted by atomic mass is 9.95. The molecular formula is C48H52O11. The van der Waals surface area contributed by atoms with Gasteiger partial charge in [-0.1, -0.05) is 152 Å². The molecule has 11 atom stereocenters. The number of methoxy groups -OCH3 is 1. The summed E-state index contributed by atoms with van der Waals surface area (Å²) in [5, 5.41) is 12.4. The van der Waals surface area contributed by atoms with Crippen molar-refractivity contribution in [3.8, 4) is 0 Å². The minimum atomic E-state index is -1.31. The molecule has 3 saturated heterocycles. The van der Waals surface area contributed by atoms with E-state index in [4.69, 9.17) is 47.4 Å². The van der Waals surface area contributed by atoms with E-state index in [0.29, 0.717) is 6.61 Å². The zero-order valence-electron chi connectivity index (χ0n) is 33.1. The molecule has 59 heavy (non-hydrogen) atoms. The molecule has 5 aromatic carbocycles. The standard InChI is InChI=1S/C48H52O11/c1-50-48-45(54-30-36-23-13-5-14-24-36)44(42-39(57-48)32-55-46(58-42)37-25-15-6-16-26-37)59-47-40(49)43(53-29-35-21-11-4-12-22-35)41(52-28-34-19-9-3-10-20-34)38(56-47)31-51-27-33-17-7-2-8-18-33/h2-26,38-49H,27-32H2,1H3/t38-,39-,40+,41-,42-,43-,44+,45+,46-,47+,48+/m1/s1. The van der Waals surface area contributed by atoms with E-state index >= 15 is 0 Å². The van der Waals surface area contributed by atoms with E-state index in [1.807, 2.05) is 152 Å². The number of hydrogen-bond acceptors (Lipinski definition) is 11. The molecule has 3 aliphatic rings. The van der Waals surface area contributed by atoms with Crippen LogP contribution in [0.1, 0.15) is 34.1 Å². The molecule has 0 unspecified atom stereocenters. The Bertz CT molecular complexity index is 1940. The van der Waals surface area contributed by atoms with Crippen LogP contribution in [0.25, 0.3) is 0 Å². The Kier molecular flexibility index (Phi) is 14.6. The third-order valence-electron chi connectivity index (χ3n) is 10.7. The van der Waals surface area contributed by atoms with Gasteiger partial charge in [0.1, 0.15) is 48.8 Å². The first-order valence-corrected chi connectivity index (χ1v) is 20.2. The lowest BCUT2D eigenvalue weighted by Gasteiger charge is -2.51. The van der Waals surface area contributed by atoms with Crippen LogP contribution in [0.5, 0.6) is 0 Å². The third kappa shape index (κ3) is 10.7. The second kappa shape index (κ2) is 20.8.